The van der Waals surface area contributed by atoms with Crippen molar-refractivity contribution in [2.45, 2.75) is 13.3 Å². The maximum absolute atomic E-state index is 6.26. The number of nitrogen functional groups attached to an aromatic ring is 2. The van der Waals surface area contributed by atoms with Gasteiger partial charge in [-0.25, -0.2) is 9.97 Å². The first kappa shape index (κ1) is 20.6. The van der Waals surface area contributed by atoms with E-state index in [-0.39, 0.29) is 0 Å². The summed E-state index contributed by atoms with van der Waals surface area (Å²) in [6, 6.07) is 7.82. The number of terminal acetylenes is 1. The van der Waals surface area contributed by atoms with Crippen LogP contribution in [0, 0.1) is 19.8 Å². The van der Waals surface area contributed by atoms with E-state index in [0.717, 1.165) is 44.9 Å². The van der Waals surface area contributed by atoms with E-state index < -0.39 is 0 Å². The molecule has 0 unspecified atom stereocenters. The number of rotatable bonds is 4. The van der Waals surface area contributed by atoms with Crippen LogP contribution in [-0.2, 0) is 6.42 Å². The van der Waals surface area contributed by atoms with Crippen LogP contribution in [0.3, 0.4) is 0 Å². The third-order valence-corrected chi connectivity index (χ3v) is 5.01. The molecule has 8 heteroatoms. The van der Waals surface area contributed by atoms with Gasteiger partial charge in [0.1, 0.15) is 11.3 Å². The number of benzene rings is 1. The van der Waals surface area contributed by atoms with Gasteiger partial charge in [-0.15, -0.1) is 12.8 Å². The molecule has 0 atom stereocenters. The van der Waals surface area contributed by atoms with Crippen molar-refractivity contribution in [3.05, 3.63) is 78.7 Å². The molecule has 0 amide bonds. The summed E-state index contributed by atoms with van der Waals surface area (Å²) in [5.41, 5.74) is 19.9. The summed E-state index contributed by atoms with van der Waals surface area (Å²) in [5.74, 6) is 0.811. The molecule has 0 saturated heterocycles. The van der Waals surface area contributed by atoms with Crippen molar-refractivity contribution in [1.82, 2.24) is 29.5 Å². The molecule has 5 N–H and O–H groups in total. The highest BCUT2D eigenvalue weighted by Gasteiger charge is 2.12. The van der Waals surface area contributed by atoms with Crippen LogP contribution in [0.2, 0.25) is 0 Å². The Bertz CT molecular complexity index is 1410. The van der Waals surface area contributed by atoms with Gasteiger partial charge in [0, 0.05) is 36.3 Å². The smallest absolute Gasteiger partial charge is 0.116 e. The number of imidazole rings is 2. The maximum Gasteiger partial charge on any atom is 0.116 e. The zero-order valence-electron chi connectivity index (χ0n) is 17.5. The average molecular weight is 422 g/mol. The molecule has 8 nitrogen and oxygen atoms in total. The van der Waals surface area contributed by atoms with Crippen molar-refractivity contribution in [3.63, 3.8) is 0 Å². The third-order valence-electron chi connectivity index (χ3n) is 5.01. The molecule has 158 valence electrons. The van der Waals surface area contributed by atoms with E-state index in [4.69, 9.17) is 16.5 Å². The molecule has 4 heterocycles. The monoisotopic (exact) mass is 422 g/mol. The molecule has 0 radical (unpaired) electrons. The average Bonchev–Trinajstić information content (AvgIpc) is 3.42. The lowest BCUT2D eigenvalue weighted by atomic mass is 10.0. The number of aromatic amines is 1. The summed E-state index contributed by atoms with van der Waals surface area (Å²) in [6.07, 6.45) is 19.3. The fourth-order valence-electron chi connectivity index (χ4n) is 3.53. The number of pyridine rings is 2. The zero-order valence-corrected chi connectivity index (χ0v) is 17.5. The SMILES string of the molecule is C#C.Cc1cn(-c2cncc3[nH]c(Cc4cc(-c5cncc(N)c5)ccc4N)nc23)cn1. The fourth-order valence-corrected chi connectivity index (χ4v) is 3.53. The Labute approximate surface area is 185 Å². The van der Waals surface area contributed by atoms with Crippen molar-refractivity contribution >= 4 is 22.4 Å². The predicted octanol–water partition coefficient (Wildman–Crippen LogP) is 3.52. The van der Waals surface area contributed by atoms with Gasteiger partial charge in [-0.3, -0.25) is 9.97 Å². The number of nitrogens with one attached hydrogen (secondary N) is 1. The predicted molar refractivity (Wildman–Crippen MR) is 127 cm³/mol. The van der Waals surface area contributed by atoms with Gasteiger partial charge in [0.05, 0.1) is 41.3 Å². The highest BCUT2D eigenvalue weighted by Crippen LogP contribution is 2.27. The van der Waals surface area contributed by atoms with Crippen molar-refractivity contribution in [3.8, 4) is 29.7 Å². The first-order valence-corrected chi connectivity index (χ1v) is 9.83. The Balaban J connectivity index is 0.00000119. The minimum absolute atomic E-state index is 0.562. The third kappa shape index (κ3) is 4.00. The normalized spacial score (nSPS) is 10.6. The summed E-state index contributed by atoms with van der Waals surface area (Å²) in [5, 5.41) is 0. The quantitative estimate of drug-likeness (QED) is 0.301. The maximum atomic E-state index is 6.26. The molecule has 5 aromatic rings. The summed E-state index contributed by atoms with van der Waals surface area (Å²) < 4.78 is 1.93. The molecule has 1 aromatic carbocycles. The summed E-state index contributed by atoms with van der Waals surface area (Å²) in [7, 11) is 0. The molecule has 5 rings (SSSR count). The first-order valence-electron chi connectivity index (χ1n) is 9.83. The Kier molecular flexibility index (Phi) is 5.55. The van der Waals surface area contributed by atoms with Crippen LogP contribution in [0.4, 0.5) is 11.4 Å². The lowest BCUT2D eigenvalue weighted by Crippen LogP contribution is -1.98. The second kappa shape index (κ2) is 8.62. The van der Waals surface area contributed by atoms with Crippen molar-refractivity contribution in [2.24, 2.45) is 0 Å². The minimum atomic E-state index is 0.562. The van der Waals surface area contributed by atoms with E-state index in [0.29, 0.717) is 17.8 Å². The van der Waals surface area contributed by atoms with E-state index in [2.05, 4.69) is 38.8 Å². The van der Waals surface area contributed by atoms with Crippen LogP contribution in [0.1, 0.15) is 17.1 Å². The lowest BCUT2D eigenvalue weighted by Gasteiger charge is -2.08. The highest BCUT2D eigenvalue weighted by molar-refractivity contribution is 5.83. The molecule has 32 heavy (non-hydrogen) atoms. The Morgan fingerprint density at radius 3 is 2.56 bits per heavy atom. The number of anilines is 2. The van der Waals surface area contributed by atoms with E-state index in [9.17, 15) is 0 Å². The van der Waals surface area contributed by atoms with Gasteiger partial charge in [-0.2, -0.15) is 0 Å². The zero-order chi connectivity index (χ0) is 22.7. The van der Waals surface area contributed by atoms with E-state index in [1.165, 1.54) is 0 Å². The topological polar surface area (TPSA) is 124 Å². The molecule has 0 aliphatic rings. The fraction of sp³-hybridized carbons (Fsp3) is 0.0833. The Hall–Kier alpha value is -4.64. The van der Waals surface area contributed by atoms with Gasteiger partial charge >= 0.3 is 0 Å². The number of H-pyrrole nitrogens is 1. The molecule has 0 saturated carbocycles. The molecule has 0 aliphatic carbocycles. The van der Waals surface area contributed by atoms with Crippen molar-refractivity contribution in [2.75, 3.05) is 11.5 Å². The standard InChI is InChI=1S/C22H20N8.C2H2/c1-13-11-30(12-27-13)20-10-26-9-19-22(20)29-21(28-19)6-15-4-14(2-3-18(15)24)16-5-17(23)8-25-7-16;1-2/h2-5,7-12H,6,23-24H2,1H3,(H,28,29);1-2H. The second-order valence-corrected chi connectivity index (χ2v) is 7.26. The summed E-state index contributed by atoms with van der Waals surface area (Å²) in [6.45, 7) is 1.95. The molecule has 0 fully saturated rings. The van der Waals surface area contributed by atoms with Crippen LogP contribution in [0.25, 0.3) is 27.8 Å². The number of nitrogens with zero attached hydrogens (tertiary/aromatic N) is 5. The lowest BCUT2D eigenvalue weighted by molar-refractivity contribution is 1.03. The molecular weight excluding hydrogens is 400 g/mol. The minimum Gasteiger partial charge on any atom is -0.398 e. The Morgan fingerprint density at radius 2 is 1.81 bits per heavy atom. The van der Waals surface area contributed by atoms with Crippen LogP contribution in [0.5, 0.6) is 0 Å². The summed E-state index contributed by atoms with van der Waals surface area (Å²) >= 11 is 0. The molecular formula is C24H22N8. The highest BCUT2D eigenvalue weighted by atomic mass is 15.1. The van der Waals surface area contributed by atoms with Crippen LogP contribution in [0.15, 0.2) is 61.6 Å². The van der Waals surface area contributed by atoms with E-state index in [1.807, 2.05) is 35.9 Å². The first-order chi connectivity index (χ1) is 15.6. The van der Waals surface area contributed by atoms with Crippen molar-refractivity contribution in [1.29, 1.82) is 0 Å². The van der Waals surface area contributed by atoms with Gasteiger partial charge in [0.25, 0.3) is 0 Å². The second-order valence-electron chi connectivity index (χ2n) is 7.26. The van der Waals surface area contributed by atoms with E-state index >= 15 is 0 Å². The summed E-state index contributed by atoms with van der Waals surface area (Å²) in [4.78, 5) is 21.0. The number of fused-ring (bicyclic) bond motifs is 1. The number of hydrogen-bond donors (Lipinski definition) is 3. The Morgan fingerprint density at radius 1 is 1.00 bits per heavy atom. The number of aromatic nitrogens is 6. The van der Waals surface area contributed by atoms with Gasteiger partial charge < -0.3 is 21.0 Å². The number of nitrogens with two attached hydrogens (primary N) is 2. The van der Waals surface area contributed by atoms with Gasteiger partial charge in [0.2, 0.25) is 0 Å². The largest absolute Gasteiger partial charge is 0.398 e. The van der Waals surface area contributed by atoms with Gasteiger partial charge in [-0.05, 0) is 36.2 Å². The molecule has 4 aromatic heterocycles. The van der Waals surface area contributed by atoms with Crippen molar-refractivity contribution < 1.29 is 0 Å². The van der Waals surface area contributed by atoms with Crippen LogP contribution < -0.4 is 11.5 Å². The number of aryl methyl sites for hydroxylation is 1. The molecule has 0 aliphatic heterocycles. The van der Waals surface area contributed by atoms with Crippen LogP contribution in [-0.4, -0.2) is 29.5 Å². The van der Waals surface area contributed by atoms with E-state index in [1.54, 1.807) is 31.1 Å². The van der Waals surface area contributed by atoms with Gasteiger partial charge in [0.15, 0.2) is 0 Å². The molecule has 0 bridgehead atoms. The van der Waals surface area contributed by atoms with Gasteiger partial charge in [-0.1, -0.05) is 6.07 Å². The molecule has 0 spiro atoms. The van der Waals surface area contributed by atoms with Crippen LogP contribution >= 0.6 is 0 Å². The number of hydrogen-bond acceptors (Lipinski definition) is 6.